The monoisotopic (exact) mass is 283 g/mol. The van der Waals surface area contributed by atoms with Crippen molar-refractivity contribution in [2.75, 3.05) is 23.5 Å². The first-order valence-electron chi connectivity index (χ1n) is 6.71. The molecular formula is C16H17N3O2. The summed E-state index contributed by atoms with van der Waals surface area (Å²) in [6, 6.07) is 9.53. The standard InChI is InChI=1S/C16H17N3O2/c1-9-5-11(3-4-15(9)21-2)18-14-8-13-10(6-12(14)17)7-16(20)19-13/h3-6,8,18H,7,17H2,1-2H3,(H,19,20). The molecule has 0 unspecified atom stereocenters. The van der Waals surface area contributed by atoms with Gasteiger partial charge in [-0.3, -0.25) is 4.79 Å². The van der Waals surface area contributed by atoms with Crippen LogP contribution in [0.25, 0.3) is 0 Å². The van der Waals surface area contributed by atoms with Crippen LogP contribution in [0.5, 0.6) is 5.75 Å². The van der Waals surface area contributed by atoms with Gasteiger partial charge in [0.2, 0.25) is 5.91 Å². The van der Waals surface area contributed by atoms with E-state index in [1.54, 1.807) is 7.11 Å². The van der Waals surface area contributed by atoms with Crippen molar-refractivity contribution in [2.24, 2.45) is 0 Å². The fourth-order valence-electron chi connectivity index (χ4n) is 2.51. The third-order valence-corrected chi connectivity index (χ3v) is 3.57. The summed E-state index contributed by atoms with van der Waals surface area (Å²) < 4.78 is 5.25. The predicted octanol–water partition coefficient (Wildman–Crippen LogP) is 2.82. The van der Waals surface area contributed by atoms with Gasteiger partial charge in [0.05, 0.1) is 24.9 Å². The highest BCUT2D eigenvalue weighted by Gasteiger charge is 2.19. The third-order valence-electron chi connectivity index (χ3n) is 3.57. The van der Waals surface area contributed by atoms with Gasteiger partial charge in [0.15, 0.2) is 0 Å². The summed E-state index contributed by atoms with van der Waals surface area (Å²) in [5.74, 6) is 0.844. The molecule has 1 heterocycles. The molecule has 108 valence electrons. The van der Waals surface area contributed by atoms with Crippen molar-refractivity contribution < 1.29 is 9.53 Å². The molecule has 2 aromatic carbocycles. The van der Waals surface area contributed by atoms with E-state index in [1.807, 2.05) is 37.3 Å². The van der Waals surface area contributed by atoms with Gasteiger partial charge in [-0.1, -0.05) is 0 Å². The number of benzene rings is 2. The third kappa shape index (κ3) is 2.50. The van der Waals surface area contributed by atoms with E-state index in [0.29, 0.717) is 12.1 Å². The number of aryl methyl sites for hydroxylation is 1. The molecule has 0 fully saturated rings. The lowest BCUT2D eigenvalue weighted by Gasteiger charge is -2.13. The van der Waals surface area contributed by atoms with Crippen molar-refractivity contribution >= 4 is 28.7 Å². The molecule has 3 rings (SSSR count). The van der Waals surface area contributed by atoms with Crippen molar-refractivity contribution in [3.05, 3.63) is 41.5 Å². The number of rotatable bonds is 3. The van der Waals surface area contributed by atoms with E-state index in [4.69, 9.17) is 10.5 Å². The van der Waals surface area contributed by atoms with Crippen molar-refractivity contribution in [1.29, 1.82) is 0 Å². The van der Waals surface area contributed by atoms with E-state index in [-0.39, 0.29) is 5.91 Å². The fourth-order valence-corrected chi connectivity index (χ4v) is 2.51. The quantitative estimate of drug-likeness (QED) is 0.757. The molecule has 0 bridgehead atoms. The van der Waals surface area contributed by atoms with Crippen molar-refractivity contribution in [1.82, 2.24) is 0 Å². The lowest BCUT2D eigenvalue weighted by molar-refractivity contribution is -0.115. The number of nitrogens with one attached hydrogen (secondary N) is 2. The largest absolute Gasteiger partial charge is 0.496 e. The highest BCUT2D eigenvalue weighted by Crippen LogP contribution is 2.33. The molecule has 0 aliphatic carbocycles. The predicted molar refractivity (Wildman–Crippen MR) is 84.2 cm³/mol. The topological polar surface area (TPSA) is 76.4 Å². The summed E-state index contributed by atoms with van der Waals surface area (Å²) in [7, 11) is 1.65. The maximum Gasteiger partial charge on any atom is 0.228 e. The number of hydrogen-bond donors (Lipinski definition) is 3. The molecular weight excluding hydrogens is 266 g/mol. The number of nitrogens with two attached hydrogens (primary N) is 1. The smallest absolute Gasteiger partial charge is 0.228 e. The van der Waals surface area contributed by atoms with Crippen LogP contribution in [0.4, 0.5) is 22.7 Å². The Labute approximate surface area is 123 Å². The molecule has 0 saturated heterocycles. The molecule has 2 aromatic rings. The summed E-state index contributed by atoms with van der Waals surface area (Å²) in [6.45, 7) is 1.98. The van der Waals surface area contributed by atoms with E-state index in [1.165, 1.54) is 0 Å². The maximum atomic E-state index is 11.4. The molecule has 1 amide bonds. The first-order valence-corrected chi connectivity index (χ1v) is 6.71. The van der Waals surface area contributed by atoms with Gasteiger partial charge in [0.25, 0.3) is 0 Å². The Morgan fingerprint density at radius 1 is 1.29 bits per heavy atom. The summed E-state index contributed by atoms with van der Waals surface area (Å²) in [6.07, 6.45) is 0.390. The van der Waals surface area contributed by atoms with Crippen LogP contribution in [-0.4, -0.2) is 13.0 Å². The molecule has 1 aliphatic rings. The first kappa shape index (κ1) is 13.3. The number of hydrogen-bond acceptors (Lipinski definition) is 4. The van der Waals surface area contributed by atoms with E-state index >= 15 is 0 Å². The van der Waals surface area contributed by atoms with Crippen LogP contribution in [0.1, 0.15) is 11.1 Å². The Morgan fingerprint density at radius 3 is 2.81 bits per heavy atom. The molecule has 0 atom stereocenters. The van der Waals surface area contributed by atoms with E-state index in [9.17, 15) is 4.79 Å². The zero-order valence-corrected chi connectivity index (χ0v) is 12.0. The number of methoxy groups -OCH3 is 1. The minimum absolute atomic E-state index is 0.00171. The minimum Gasteiger partial charge on any atom is -0.496 e. The SMILES string of the molecule is COc1ccc(Nc2cc3c(cc2N)CC(=O)N3)cc1C. The molecule has 0 spiro atoms. The number of anilines is 4. The van der Waals surface area contributed by atoms with Crippen LogP contribution in [0, 0.1) is 6.92 Å². The number of fused-ring (bicyclic) bond motifs is 1. The molecule has 1 aliphatic heterocycles. The number of ether oxygens (including phenoxy) is 1. The molecule has 0 aromatic heterocycles. The van der Waals surface area contributed by atoms with Gasteiger partial charge in [-0.05, 0) is 48.4 Å². The summed E-state index contributed by atoms with van der Waals surface area (Å²) >= 11 is 0. The first-order chi connectivity index (χ1) is 10.1. The number of nitrogen functional groups attached to an aromatic ring is 1. The molecule has 0 radical (unpaired) electrons. The van der Waals surface area contributed by atoms with Gasteiger partial charge in [-0.15, -0.1) is 0 Å². The minimum atomic E-state index is 0.00171. The number of carbonyl (C=O) groups is 1. The van der Waals surface area contributed by atoms with Crippen molar-refractivity contribution in [3.63, 3.8) is 0 Å². The zero-order valence-electron chi connectivity index (χ0n) is 12.0. The Bertz CT molecular complexity index is 726. The number of amides is 1. The maximum absolute atomic E-state index is 11.4. The summed E-state index contributed by atoms with van der Waals surface area (Å²) in [5.41, 5.74) is 11.2. The second-order valence-electron chi connectivity index (χ2n) is 5.13. The van der Waals surface area contributed by atoms with Crippen LogP contribution in [-0.2, 0) is 11.2 Å². The van der Waals surface area contributed by atoms with Crippen LogP contribution in [0.2, 0.25) is 0 Å². The van der Waals surface area contributed by atoms with Crippen molar-refractivity contribution in [2.45, 2.75) is 13.3 Å². The van der Waals surface area contributed by atoms with Crippen LogP contribution < -0.4 is 21.1 Å². The summed E-state index contributed by atoms with van der Waals surface area (Å²) in [5, 5.41) is 6.10. The van der Waals surface area contributed by atoms with E-state index in [2.05, 4.69) is 10.6 Å². The van der Waals surface area contributed by atoms with Crippen LogP contribution >= 0.6 is 0 Å². The molecule has 0 saturated carbocycles. The Morgan fingerprint density at radius 2 is 2.10 bits per heavy atom. The molecule has 5 heteroatoms. The van der Waals surface area contributed by atoms with Gasteiger partial charge in [0, 0.05) is 11.4 Å². The van der Waals surface area contributed by atoms with Gasteiger partial charge in [-0.25, -0.2) is 0 Å². The fraction of sp³-hybridized carbons (Fsp3) is 0.188. The summed E-state index contributed by atoms with van der Waals surface area (Å²) in [4.78, 5) is 11.4. The second kappa shape index (κ2) is 5.01. The van der Waals surface area contributed by atoms with E-state index < -0.39 is 0 Å². The molecule has 4 N–H and O–H groups in total. The average molecular weight is 283 g/mol. The van der Waals surface area contributed by atoms with Gasteiger partial charge >= 0.3 is 0 Å². The lowest BCUT2D eigenvalue weighted by atomic mass is 10.1. The Balaban J connectivity index is 1.90. The van der Waals surface area contributed by atoms with Gasteiger partial charge in [-0.2, -0.15) is 0 Å². The highest BCUT2D eigenvalue weighted by atomic mass is 16.5. The number of carbonyl (C=O) groups excluding carboxylic acids is 1. The van der Waals surface area contributed by atoms with Crippen molar-refractivity contribution in [3.8, 4) is 5.75 Å². The highest BCUT2D eigenvalue weighted by molar-refractivity contribution is 6.01. The second-order valence-corrected chi connectivity index (χ2v) is 5.13. The zero-order chi connectivity index (χ0) is 15.0. The molecule has 5 nitrogen and oxygen atoms in total. The van der Waals surface area contributed by atoms with Gasteiger partial charge < -0.3 is 21.1 Å². The van der Waals surface area contributed by atoms with E-state index in [0.717, 1.165) is 33.9 Å². The van der Waals surface area contributed by atoms with Gasteiger partial charge in [0.1, 0.15) is 5.75 Å². The lowest BCUT2D eigenvalue weighted by Crippen LogP contribution is -2.03. The van der Waals surface area contributed by atoms with Crippen LogP contribution in [0.15, 0.2) is 30.3 Å². The van der Waals surface area contributed by atoms with Crippen LogP contribution in [0.3, 0.4) is 0 Å². The Kier molecular flexibility index (Phi) is 3.17. The molecule has 21 heavy (non-hydrogen) atoms. The average Bonchev–Trinajstić information content (AvgIpc) is 2.78. The Hall–Kier alpha value is -2.69. The normalized spacial score (nSPS) is 12.8.